The lowest BCUT2D eigenvalue weighted by Crippen LogP contribution is -2.15. The molecule has 0 bridgehead atoms. The van der Waals surface area contributed by atoms with Crippen LogP contribution in [0.2, 0.25) is 0 Å². The monoisotopic (exact) mass is 225 g/mol. The molecule has 6 heteroatoms. The summed E-state index contributed by atoms with van der Waals surface area (Å²) in [5.74, 6) is 0. The molecule has 1 aromatic heterocycles. The van der Waals surface area contributed by atoms with Crippen LogP contribution in [0.15, 0.2) is 44.6 Å². The van der Waals surface area contributed by atoms with E-state index in [1.807, 2.05) is 0 Å². The highest BCUT2D eigenvalue weighted by Crippen LogP contribution is 2.19. The number of hydrogen-bond donors (Lipinski definition) is 1. The van der Waals surface area contributed by atoms with Crippen molar-refractivity contribution in [1.82, 2.24) is 0 Å². The van der Waals surface area contributed by atoms with Crippen molar-refractivity contribution >= 4 is 20.8 Å². The van der Waals surface area contributed by atoms with Gasteiger partial charge in [-0.1, -0.05) is 18.2 Å². The van der Waals surface area contributed by atoms with Crippen molar-refractivity contribution in [1.29, 1.82) is 0 Å². The third-order valence-electron chi connectivity index (χ3n) is 1.91. The van der Waals surface area contributed by atoms with Crippen LogP contribution < -0.4 is 10.8 Å². The molecule has 1 aromatic carbocycles. The lowest BCUT2D eigenvalue weighted by atomic mass is 10.2. The zero-order chi connectivity index (χ0) is 11.1. The fourth-order valence-corrected chi connectivity index (χ4v) is 2.01. The Kier molecular flexibility index (Phi) is 2.09. The van der Waals surface area contributed by atoms with Gasteiger partial charge in [0, 0.05) is 11.5 Å². The second-order valence-corrected chi connectivity index (χ2v) is 4.45. The molecular formula is C9H7NO4S. The molecule has 2 rings (SSSR count). The van der Waals surface area contributed by atoms with E-state index in [9.17, 15) is 13.2 Å². The van der Waals surface area contributed by atoms with Crippen LogP contribution in [0.5, 0.6) is 0 Å². The first kappa shape index (κ1) is 9.88. The van der Waals surface area contributed by atoms with E-state index < -0.39 is 20.7 Å². The van der Waals surface area contributed by atoms with Gasteiger partial charge in [-0.3, -0.25) is 0 Å². The SMILES string of the molecule is NS(=O)(=O)c1oc(=O)cc2ccccc12. The Balaban J connectivity index is 3.02. The van der Waals surface area contributed by atoms with Gasteiger partial charge >= 0.3 is 5.63 Å². The molecule has 2 aromatic rings. The largest absolute Gasteiger partial charge is 0.409 e. The van der Waals surface area contributed by atoms with Crippen molar-refractivity contribution in [3.63, 3.8) is 0 Å². The van der Waals surface area contributed by atoms with Crippen LogP contribution in [0, 0.1) is 0 Å². The van der Waals surface area contributed by atoms with Crippen molar-refractivity contribution in [2.45, 2.75) is 5.09 Å². The molecule has 15 heavy (non-hydrogen) atoms. The van der Waals surface area contributed by atoms with Crippen LogP contribution in [0.25, 0.3) is 10.8 Å². The Morgan fingerprint density at radius 3 is 2.53 bits per heavy atom. The second kappa shape index (κ2) is 3.18. The average molecular weight is 225 g/mol. The maximum atomic E-state index is 11.1. The number of benzene rings is 1. The summed E-state index contributed by atoms with van der Waals surface area (Å²) in [5, 5.41) is 5.23. The first-order valence-electron chi connectivity index (χ1n) is 4.04. The highest BCUT2D eigenvalue weighted by molar-refractivity contribution is 7.89. The summed E-state index contributed by atoms with van der Waals surface area (Å²) in [5.41, 5.74) is -0.738. The molecule has 2 N–H and O–H groups in total. The molecule has 5 nitrogen and oxygen atoms in total. The van der Waals surface area contributed by atoms with E-state index >= 15 is 0 Å². The van der Waals surface area contributed by atoms with Crippen molar-refractivity contribution in [3.8, 4) is 0 Å². The van der Waals surface area contributed by atoms with Crippen molar-refractivity contribution < 1.29 is 12.8 Å². The third kappa shape index (κ3) is 1.77. The van der Waals surface area contributed by atoms with Crippen LogP contribution in [-0.2, 0) is 10.0 Å². The lowest BCUT2D eigenvalue weighted by molar-refractivity contribution is 0.414. The van der Waals surface area contributed by atoms with Crippen molar-refractivity contribution in [2.75, 3.05) is 0 Å². The molecule has 0 amide bonds. The average Bonchev–Trinajstić information content (AvgIpc) is 2.15. The number of sulfonamides is 1. The molecule has 0 aliphatic heterocycles. The van der Waals surface area contributed by atoms with Crippen LogP contribution in [-0.4, -0.2) is 8.42 Å². The first-order valence-corrected chi connectivity index (χ1v) is 5.59. The first-order chi connectivity index (χ1) is 6.98. The third-order valence-corrected chi connectivity index (χ3v) is 2.73. The maximum absolute atomic E-state index is 11.1. The minimum Gasteiger partial charge on any atom is -0.409 e. The summed E-state index contributed by atoms with van der Waals surface area (Å²) < 4.78 is 26.9. The zero-order valence-electron chi connectivity index (χ0n) is 7.51. The summed E-state index contributed by atoms with van der Waals surface area (Å²) in [4.78, 5) is 11.1. The van der Waals surface area contributed by atoms with E-state index in [2.05, 4.69) is 4.42 Å². The van der Waals surface area contributed by atoms with Crippen LogP contribution in [0.3, 0.4) is 0 Å². The summed E-state index contributed by atoms with van der Waals surface area (Å²) in [7, 11) is -4.02. The van der Waals surface area contributed by atoms with Crippen molar-refractivity contribution in [3.05, 3.63) is 40.8 Å². The van der Waals surface area contributed by atoms with E-state index in [0.29, 0.717) is 10.8 Å². The summed E-state index contributed by atoms with van der Waals surface area (Å²) in [6.07, 6.45) is 0. The molecule has 0 aliphatic carbocycles. The topological polar surface area (TPSA) is 90.4 Å². The normalized spacial score (nSPS) is 11.8. The van der Waals surface area contributed by atoms with Crippen molar-refractivity contribution in [2.24, 2.45) is 5.14 Å². The number of fused-ring (bicyclic) bond motifs is 1. The predicted octanol–water partition coefficient (Wildman–Crippen LogP) is 0.440. The molecule has 0 radical (unpaired) electrons. The van der Waals surface area contributed by atoms with Gasteiger partial charge in [0.25, 0.3) is 10.0 Å². The number of primary sulfonamides is 1. The van der Waals surface area contributed by atoms with E-state index in [0.717, 1.165) is 0 Å². The zero-order valence-corrected chi connectivity index (χ0v) is 8.32. The minimum absolute atomic E-state index is 0.305. The number of rotatable bonds is 1. The van der Waals surface area contributed by atoms with Crippen LogP contribution in [0.1, 0.15) is 0 Å². The minimum atomic E-state index is -4.02. The van der Waals surface area contributed by atoms with Gasteiger partial charge in [-0.15, -0.1) is 0 Å². The fraction of sp³-hybridized carbons (Fsp3) is 0. The predicted molar refractivity (Wildman–Crippen MR) is 53.9 cm³/mol. The quantitative estimate of drug-likeness (QED) is 0.762. The molecule has 0 saturated heterocycles. The second-order valence-electron chi connectivity index (χ2n) is 2.99. The molecule has 0 fully saturated rings. The molecule has 1 heterocycles. The Morgan fingerprint density at radius 1 is 1.20 bits per heavy atom. The van der Waals surface area contributed by atoms with Gasteiger partial charge in [0.15, 0.2) is 0 Å². The smallest absolute Gasteiger partial charge is 0.337 e. The highest BCUT2D eigenvalue weighted by atomic mass is 32.2. The van der Waals surface area contributed by atoms with Gasteiger partial charge in [-0.25, -0.2) is 18.4 Å². The molecule has 0 spiro atoms. The number of nitrogens with two attached hydrogens (primary N) is 1. The van der Waals surface area contributed by atoms with Gasteiger partial charge in [0.05, 0.1) is 0 Å². The van der Waals surface area contributed by atoms with E-state index in [4.69, 9.17) is 5.14 Å². The van der Waals surface area contributed by atoms with E-state index in [-0.39, 0.29) is 0 Å². The van der Waals surface area contributed by atoms with E-state index in [1.165, 1.54) is 12.1 Å². The standard InChI is InChI=1S/C9H7NO4S/c10-15(12,13)9-7-4-2-1-3-6(7)5-8(11)14-9/h1-5H,(H2,10,12,13). The van der Waals surface area contributed by atoms with Crippen LogP contribution >= 0.6 is 0 Å². The van der Waals surface area contributed by atoms with Gasteiger partial charge in [-0.05, 0) is 11.5 Å². The van der Waals surface area contributed by atoms with Gasteiger partial charge in [0.1, 0.15) is 0 Å². The Bertz CT molecular complexity index is 672. The summed E-state index contributed by atoms with van der Waals surface area (Å²) in [6, 6.07) is 7.68. The summed E-state index contributed by atoms with van der Waals surface area (Å²) in [6.45, 7) is 0. The van der Waals surface area contributed by atoms with Gasteiger partial charge in [0.2, 0.25) is 5.09 Å². The molecular weight excluding hydrogens is 218 g/mol. The van der Waals surface area contributed by atoms with Gasteiger partial charge in [-0.2, -0.15) is 0 Å². The van der Waals surface area contributed by atoms with Gasteiger partial charge < -0.3 is 4.42 Å². The fourth-order valence-electron chi connectivity index (χ4n) is 1.32. The molecule has 0 atom stereocenters. The number of hydrogen-bond acceptors (Lipinski definition) is 4. The lowest BCUT2D eigenvalue weighted by Gasteiger charge is -2.01. The molecule has 0 unspecified atom stereocenters. The highest BCUT2D eigenvalue weighted by Gasteiger charge is 2.16. The van der Waals surface area contributed by atoms with E-state index in [1.54, 1.807) is 18.2 Å². The molecule has 78 valence electrons. The van der Waals surface area contributed by atoms with Crippen LogP contribution in [0.4, 0.5) is 0 Å². The molecule has 0 saturated carbocycles. The maximum Gasteiger partial charge on any atom is 0.337 e. The Labute approximate surface area is 85.2 Å². The Morgan fingerprint density at radius 2 is 1.87 bits per heavy atom. The molecule has 0 aliphatic rings. The Hall–Kier alpha value is -1.66. The summed E-state index contributed by atoms with van der Waals surface area (Å²) >= 11 is 0.